The number of aliphatic hydroxyl groups excluding tert-OH is 1. The van der Waals surface area contributed by atoms with E-state index in [0.29, 0.717) is 38.9 Å². The van der Waals surface area contributed by atoms with Gasteiger partial charge in [0.25, 0.3) is 0 Å². The van der Waals surface area contributed by atoms with Crippen LogP contribution in [0.5, 0.6) is 5.75 Å². The molecule has 0 aliphatic heterocycles. The van der Waals surface area contributed by atoms with Gasteiger partial charge in [-0.15, -0.1) is 0 Å². The Morgan fingerprint density at radius 2 is 2.25 bits per heavy atom. The number of aliphatic hydroxyl groups is 1. The van der Waals surface area contributed by atoms with Gasteiger partial charge in [-0.3, -0.25) is 9.48 Å². The molecule has 0 bridgehead atoms. The van der Waals surface area contributed by atoms with Crippen LogP contribution in [0.25, 0.3) is 16.9 Å². The quantitative estimate of drug-likeness (QED) is 0.395. The Labute approximate surface area is 188 Å². The van der Waals surface area contributed by atoms with Crippen molar-refractivity contribution in [3.05, 3.63) is 59.6 Å². The predicted molar refractivity (Wildman–Crippen MR) is 119 cm³/mol. The molecule has 9 nitrogen and oxygen atoms in total. The highest BCUT2D eigenvalue weighted by molar-refractivity contribution is 6.31. The Balaban J connectivity index is 1.53. The highest BCUT2D eigenvalue weighted by atomic mass is 35.5. The fourth-order valence-corrected chi connectivity index (χ4v) is 3.80. The molecule has 1 aliphatic carbocycles. The minimum absolute atomic E-state index is 0.121. The first-order chi connectivity index (χ1) is 15.5. The normalized spacial score (nSPS) is 14.5. The van der Waals surface area contributed by atoms with Crippen molar-refractivity contribution in [3.63, 3.8) is 0 Å². The van der Waals surface area contributed by atoms with E-state index in [0.717, 1.165) is 12.8 Å². The van der Waals surface area contributed by atoms with Gasteiger partial charge in [-0.1, -0.05) is 11.6 Å². The number of aromatic nitrogens is 5. The van der Waals surface area contributed by atoms with Crippen LogP contribution in [-0.4, -0.2) is 42.4 Å². The van der Waals surface area contributed by atoms with Gasteiger partial charge in [-0.2, -0.15) is 10.2 Å². The third-order valence-electron chi connectivity index (χ3n) is 5.42. The average Bonchev–Trinajstić information content (AvgIpc) is 3.44. The van der Waals surface area contributed by atoms with Gasteiger partial charge in [0, 0.05) is 35.1 Å². The number of anilines is 1. The lowest BCUT2D eigenvalue weighted by atomic mass is 10.1. The van der Waals surface area contributed by atoms with E-state index >= 15 is 0 Å². The molecule has 3 aromatic heterocycles. The van der Waals surface area contributed by atoms with Crippen LogP contribution in [0.3, 0.4) is 0 Å². The second-order valence-corrected chi connectivity index (χ2v) is 8.15. The lowest BCUT2D eigenvalue weighted by Crippen LogP contribution is -2.12. The topological polar surface area (TPSA) is 107 Å². The van der Waals surface area contributed by atoms with Gasteiger partial charge in [0.1, 0.15) is 11.4 Å². The zero-order valence-electron chi connectivity index (χ0n) is 17.3. The fraction of sp³-hybridized carbons (Fsp3) is 0.273. The van der Waals surface area contributed by atoms with Crippen LogP contribution in [0, 0.1) is 5.92 Å². The monoisotopic (exact) mass is 452 g/mol. The largest absolute Gasteiger partial charge is 0.496 e. The number of ether oxygens (including phenoxy) is 1. The molecule has 0 radical (unpaired) electrons. The molecule has 10 heteroatoms. The molecule has 2 N–H and O–H groups in total. The number of halogens is 1. The van der Waals surface area contributed by atoms with Crippen molar-refractivity contribution in [1.82, 2.24) is 24.4 Å². The Morgan fingerprint density at radius 3 is 3.03 bits per heavy atom. The van der Waals surface area contributed by atoms with Gasteiger partial charge in [-0.25, -0.2) is 9.50 Å². The Hall–Kier alpha value is -3.43. The summed E-state index contributed by atoms with van der Waals surface area (Å²) in [6.45, 7) is 0.163. The summed E-state index contributed by atoms with van der Waals surface area (Å²) in [6.07, 6.45) is 7.41. The zero-order chi connectivity index (χ0) is 22.2. The number of hydrogen-bond donors (Lipinski definition) is 2. The van der Waals surface area contributed by atoms with E-state index in [1.807, 2.05) is 0 Å². The number of nitrogens with zero attached hydrogens (tertiary/aromatic N) is 5. The standard InChI is InChI=1S/C22H21ClN6O3/c1-32-19-6-5-14(23)9-15(19)20-17(11-28(27-20)12-18(30)13-3-4-13)26-22(31)16-10-25-29-8-2-7-24-21(16)29/h2,5-11,13,22,26,31H,3-4,12H2,1H3. The number of rotatable bonds is 8. The van der Waals surface area contributed by atoms with E-state index in [2.05, 4.69) is 20.5 Å². The van der Waals surface area contributed by atoms with Gasteiger partial charge < -0.3 is 15.2 Å². The SMILES string of the molecule is COc1ccc(Cl)cc1-c1nn(CC(=O)C2CC2)cc1NC(O)c1cnn2cccnc12. The summed E-state index contributed by atoms with van der Waals surface area (Å²) in [6, 6.07) is 6.98. The van der Waals surface area contributed by atoms with Crippen LogP contribution in [0.15, 0.2) is 49.1 Å². The van der Waals surface area contributed by atoms with Crippen LogP contribution in [0.2, 0.25) is 5.02 Å². The van der Waals surface area contributed by atoms with Crippen LogP contribution < -0.4 is 10.1 Å². The summed E-state index contributed by atoms with van der Waals surface area (Å²) >= 11 is 6.24. The number of methoxy groups -OCH3 is 1. The first kappa shape index (κ1) is 20.5. The molecular formula is C22H21ClN6O3. The smallest absolute Gasteiger partial charge is 0.162 e. The molecule has 1 unspecified atom stereocenters. The van der Waals surface area contributed by atoms with E-state index in [9.17, 15) is 9.90 Å². The molecule has 1 aromatic carbocycles. The van der Waals surface area contributed by atoms with Crippen molar-refractivity contribution in [2.75, 3.05) is 12.4 Å². The van der Waals surface area contributed by atoms with E-state index in [4.69, 9.17) is 16.3 Å². The summed E-state index contributed by atoms with van der Waals surface area (Å²) in [4.78, 5) is 16.7. The number of fused-ring (bicyclic) bond motifs is 1. The van der Waals surface area contributed by atoms with Crippen molar-refractivity contribution in [2.24, 2.45) is 5.92 Å². The van der Waals surface area contributed by atoms with Gasteiger partial charge in [0.2, 0.25) is 0 Å². The van der Waals surface area contributed by atoms with Crippen molar-refractivity contribution >= 4 is 28.7 Å². The summed E-state index contributed by atoms with van der Waals surface area (Å²) in [5.41, 5.74) is 2.72. The summed E-state index contributed by atoms with van der Waals surface area (Å²) in [5, 5.41) is 23.4. The average molecular weight is 453 g/mol. The minimum atomic E-state index is -1.11. The predicted octanol–water partition coefficient (Wildman–Crippen LogP) is 3.34. The van der Waals surface area contributed by atoms with E-state index < -0.39 is 6.23 Å². The summed E-state index contributed by atoms with van der Waals surface area (Å²) in [7, 11) is 1.56. The van der Waals surface area contributed by atoms with E-state index in [1.165, 1.54) is 0 Å². The van der Waals surface area contributed by atoms with Gasteiger partial charge in [0.15, 0.2) is 17.7 Å². The second kappa shape index (κ2) is 8.25. The van der Waals surface area contributed by atoms with Gasteiger partial charge in [-0.05, 0) is 37.1 Å². The number of Topliss-reactive ketones (excluding diaryl/α,β-unsaturated/α-hetero) is 1. The molecular weight excluding hydrogens is 432 g/mol. The van der Waals surface area contributed by atoms with Gasteiger partial charge in [0.05, 0.1) is 31.1 Å². The summed E-state index contributed by atoms with van der Waals surface area (Å²) in [5.74, 6) is 0.842. The lowest BCUT2D eigenvalue weighted by molar-refractivity contribution is -0.120. The molecule has 32 heavy (non-hydrogen) atoms. The van der Waals surface area contributed by atoms with E-state index in [-0.39, 0.29) is 18.2 Å². The maximum Gasteiger partial charge on any atom is 0.162 e. The molecule has 164 valence electrons. The lowest BCUT2D eigenvalue weighted by Gasteiger charge is -2.14. The van der Waals surface area contributed by atoms with Crippen molar-refractivity contribution in [1.29, 1.82) is 0 Å². The number of benzene rings is 1. The third-order valence-corrected chi connectivity index (χ3v) is 5.66. The molecule has 0 amide bonds. The number of nitrogens with one attached hydrogen (secondary N) is 1. The van der Waals surface area contributed by atoms with Crippen molar-refractivity contribution < 1.29 is 14.6 Å². The van der Waals surface area contributed by atoms with Crippen molar-refractivity contribution in [2.45, 2.75) is 25.6 Å². The molecule has 1 atom stereocenters. The number of ketones is 1. The molecule has 5 rings (SSSR count). The Bertz CT molecular complexity index is 1300. The molecule has 0 spiro atoms. The van der Waals surface area contributed by atoms with Crippen LogP contribution >= 0.6 is 11.6 Å². The van der Waals surface area contributed by atoms with Crippen LogP contribution in [0.1, 0.15) is 24.6 Å². The van der Waals surface area contributed by atoms with Crippen molar-refractivity contribution in [3.8, 4) is 17.0 Å². The fourth-order valence-electron chi connectivity index (χ4n) is 3.63. The molecule has 1 saturated carbocycles. The highest BCUT2D eigenvalue weighted by Crippen LogP contribution is 2.37. The van der Waals surface area contributed by atoms with E-state index in [1.54, 1.807) is 65.4 Å². The Kier molecular flexibility index (Phi) is 5.28. The maximum absolute atomic E-state index is 12.4. The van der Waals surface area contributed by atoms with Crippen LogP contribution in [-0.2, 0) is 11.3 Å². The highest BCUT2D eigenvalue weighted by Gasteiger charge is 2.30. The molecule has 3 heterocycles. The second-order valence-electron chi connectivity index (χ2n) is 7.71. The number of carbonyl (C=O) groups is 1. The third kappa shape index (κ3) is 3.92. The molecule has 1 aliphatic rings. The van der Waals surface area contributed by atoms with Crippen LogP contribution in [0.4, 0.5) is 5.69 Å². The summed E-state index contributed by atoms with van der Waals surface area (Å²) < 4.78 is 8.66. The first-order valence-corrected chi connectivity index (χ1v) is 10.6. The molecule has 4 aromatic rings. The Morgan fingerprint density at radius 1 is 1.41 bits per heavy atom. The number of hydrogen-bond acceptors (Lipinski definition) is 7. The zero-order valence-corrected chi connectivity index (χ0v) is 18.0. The maximum atomic E-state index is 12.4. The molecule has 0 saturated heterocycles. The molecule has 1 fully saturated rings. The van der Waals surface area contributed by atoms with Gasteiger partial charge >= 0.3 is 0 Å². The number of carbonyl (C=O) groups excluding carboxylic acids is 1. The minimum Gasteiger partial charge on any atom is -0.496 e. The first-order valence-electron chi connectivity index (χ1n) is 10.2.